The van der Waals surface area contributed by atoms with Crippen molar-refractivity contribution in [3.8, 4) is 5.88 Å². The van der Waals surface area contributed by atoms with Crippen molar-refractivity contribution in [2.75, 3.05) is 24.6 Å². The van der Waals surface area contributed by atoms with Gasteiger partial charge >= 0.3 is 6.09 Å². The zero-order chi connectivity index (χ0) is 15.1. The largest absolute Gasteiger partial charge is 0.477 e. The molecule has 6 nitrogen and oxygen atoms in total. The van der Waals surface area contributed by atoms with Crippen molar-refractivity contribution >= 4 is 23.5 Å². The Morgan fingerprint density at radius 2 is 2.33 bits per heavy atom. The highest BCUT2D eigenvalue weighted by Crippen LogP contribution is 2.39. The van der Waals surface area contributed by atoms with Gasteiger partial charge in [-0.25, -0.2) is 4.79 Å². The van der Waals surface area contributed by atoms with Crippen molar-refractivity contribution in [3.63, 3.8) is 0 Å². The Bertz CT molecular complexity index is 581. The summed E-state index contributed by atoms with van der Waals surface area (Å²) in [7, 11) is 0. The second-order valence-corrected chi connectivity index (χ2v) is 5.90. The van der Waals surface area contributed by atoms with E-state index in [1.54, 1.807) is 0 Å². The molecule has 1 aromatic rings. The maximum atomic E-state index is 11.2. The lowest BCUT2D eigenvalue weighted by molar-refractivity contribution is 0.128. The number of piperazine rings is 1. The molecule has 1 fully saturated rings. The summed E-state index contributed by atoms with van der Waals surface area (Å²) in [6.07, 6.45) is -0.0961. The number of ether oxygens (including phenoxy) is 1. The molecule has 114 valence electrons. The zero-order valence-electron chi connectivity index (χ0n) is 12.0. The van der Waals surface area contributed by atoms with E-state index in [0.29, 0.717) is 30.6 Å². The van der Waals surface area contributed by atoms with Crippen molar-refractivity contribution in [1.29, 1.82) is 0 Å². The highest BCUT2D eigenvalue weighted by Gasteiger charge is 2.41. The zero-order valence-corrected chi connectivity index (χ0v) is 12.8. The van der Waals surface area contributed by atoms with Crippen LogP contribution in [-0.4, -0.2) is 52.9 Å². The van der Waals surface area contributed by atoms with Crippen LogP contribution < -0.4 is 9.64 Å². The van der Waals surface area contributed by atoms with Crippen LogP contribution in [-0.2, 0) is 6.42 Å². The van der Waals surface area contributed by atoms with Gasteiger partial charge in [0.25, 0.3) is 0 Å². The quantitative estimate of drug-likeness (QED) is 0.907. The first-order valence-corrected chi connectivity index (χ1v) is 7.47. The normalized spacial score (nSPS) is 23.8. The van der Waals surface area contributed by atoms with E-state index >= 15 is 0 Å². The maximum Gasteiger partial charge on any atom is 0.407 e. The molecule has 7 heteroatoms. The van der Waals surface area contributed by atoms with Gasteiger partial charge in [0.05, 0.1) is 12.6 Å². The van der Waals surface area contributed by atoms with E-state index < -0.39 is 6.09 Å². The summed E-state index contributed by atoms with van der Waals surface area (Å²) in [6.45, 7) is 5.41. The summed E-state index contributed by atoms with van der Waals surface area (Å²) in [5, 5.41) is 9.71. The molecule has 3 rings (SSSR count). The smallest absolute Gasteiger partial charge is 0.407 e. The molecule has 0 bridgehead atoms. The first-order valence-electron chi connectivity index (χ1n) is 7.09. The molecular formula is C14H18ClN3O3. The van der Waals surface area contributed by atoms with E-state index in [2.05, 4.69) is 9.88 Å². The number of aromatic nitrogens is 1. The topological polar surface area (TPSA) is 65.9 Å². The highest BCUT2D eigenvalue weighted by molar-refractivity contribution is 6.32. The molecule has 0 unspecified atom stereocenters. The molecule has 0 spiro atoms. The standard InChI is InChI=1S/C14H18ClN3O3/c1-3-21-13-11(15)5-9-4-10-7-17(14(19)20)6-8(2)18(10)12(9)16-13/h5,8,10H,3-4,6-7H2,1-2H3,(H,19,20)/t8-,10-/m1/s1. The summed E-state index contributed by atoms with van der Waals surface area (Å²) in [5.74, 6) is 1.33. The number of hydrogen-bond acceptors (Lipinski definition) is 4. The fourth-order valence-electron chi connectivity index (χ4n) is 3.25. The molecule has 21 heavy (non-hydrogen) atoms. The van der Waals surface area contributed by atoms with Gasteiger partial charge in [-0.2, -0.15) is 4.98 Å². The minimum Gasteiger partial charge on any atom is -0.477 e. The predicted molar refractivity (Wildman–Crippen MR) is 79.4 cm³/mol. The third-order valence-corrected chi connectivity index (χ3v) is 4.31. The molecule has 0 radical (unpaired) electrons. The van der Waals surface area contributed by atoms with Gasteiger partial charge in [0.2, 0.25) is 5.88 Å². The van der Waals surface area contributed by atoms with Crippen LogP contribution in [0.1, 0.15) is 19.4 Å². The Kier molecular flexibility index (Phi) is 3.57. The van der Waals surface area contributed by atoms with Crippen LogP contribution in [0.3, 0.4) is 0 Å². The highest BCUT2D eigenvalue weighted by atomic mass is 35.5. The first kappa shape index (κ1) is 14.3. The number of amides is 1. The number of hydrogen-bond donors (Lipinski definition) is 1. The van der Waals surface area contributed by atoms with Gasteiger partial charge in [0, 0.05) is 19.1 Å². The Morgan fingerprint density at radius 1 is 1.57 bits per heavy atom. The molecule has 2 atom stereocenters. The van der Waals surface area contributed by atoms with E-state index in [-0.39, 0.29) is 12.1 Å². The van der Waals surface area contributed by atoms with Crippen molar-refractivity contribution < 1.29 is 14.6 Å². The summed E-state index contributed by atoms with van der Waals surface area (Å²) >= 11 is 6.19. The van der Waals surface area contributed by atoms with E-state index in [1.165, 1.54) is 4.90 Å². The monoisotopic (exact) mass is 311 g/mol. The minimum absolute atomic E-state index is 0.0873. The van der Waals surface area contributed by atoms with Crippen molar-refractivity contribution in [2.45, 2.75) is 32.4 Å². The number of pyridine rings is 1. The number of carbonyl (C=O) groups is 1. The van der Waals surface area contributed by atoms with Gasteiger partial charge in [-0.3, -0.25) is 0 Å². The number of carboxylic acid groups (broad SMARTS) is 1. The first-order chi connectivity index (χ1) is 10.0. The molecular weight excluding hydrogens is 294 g/mol. The molecule has 2 aliphatic heterocycles. The van der Waals surface area contributed by atoms with Crippen LogP contribution in [0.4, 0.5) is 10.6 Å². The fraction of sp³-hybridized carbons (Fsp3) is 0.571. The number of anilines is 1. The van der Waals surface area contributed by atoms with Crippen molar-refractivity contribution in [2.24, 2.45) is 0 Å². The van der Waals surface area contributed by atoms with Crippen molar-refractivity contribution in [3.05, 3.63) is 16.7 Å². The average Bonchev–Trinajstić information content (AvgIpc) is 2.77. The molecule has 2 aliphatic rings. The van der Waals surface area contributed by atoms with Crippen LogP contribution in [0.2, 0.25) is 5.02 Å². The summed E-state index contributed by atoms with van der Waals surface area (Å²) in [4.78, 5) is 19.4. The molecule has 1 amide bonds. The van der Waals surface area contributed by atoms with E-state index in [1.807, 2.05) is 19.9 Å². The number of fused-ring (bicyclic) bond motifs is 3. The summed E-state index contributed by atoms with van der Waals surface area (Å²) in [6, 6.07) is 2.11. The molecule has 1 saturated heterocycles. The van der Waals surface area contributed by atoms with E-state index in [4.69, 9.17) is 16.3 Å². The van der Waals surface area contributed by atoms with Gasteiger partial charge in [-0.05, 0) is 31.9 Å². The maximum absolute atomic E-state index is 11.2. The van der Waals surface area contributed by atoms with Gasteiger partial charge < -0.3 is 19.6 Å². The number of halogens is 1. The van der Waals surface area contributed by atoms with Gasteiger partial charge in [0.1, 0.15) is 10.8 Å². The Balaban J connectivity index is 1.93. The summed E-state index contributed by atoms with van der Waals surface area (Å²) < 4.78 is 5.46. The molecule has 1 aromatic heterocycles. The Morgan fingerprint density at radius 3 is 3.00 bits per heavy atom. The Labute approximate surface area is 128 Å². The third kappa shape index (κ3) is 2.37. The number of rotatable bonds is 2. The lowest BCUT2D eigenvalue weighted by Crippen LogP contribution is -2.57. The molecule has 1 N–H and O–H groups in total. The molecule has 3 heterocycles. The van der Waals surface area contributed by atoms with Gasteiger partial charge in [-0.15, -0.1) is 0 Å². The SMILES string of the molecule is CCOc1nc2c(cc1Cl)C[C@@H]1CN(C(=O)O)C[C@@H](C)N21. The van der Waals surface area contributed by atoms with Crippen LogP contribution in [0.25, 0.3) is 0 Å². The van der Waals surface area contributed by atoms with Gasteiger partial charge in [-0.1, -0.05) is 11.6 Å². The fourth-order valence-corrected chi connectivity index (χ4v) is 3.48. The van der Waals surface area contributed by atoms with E-state index in [9.17, 15) is 9.90 Å². The van der Waals surface area contributed by atoms with Crippen LogP contribution in [0.15, 0.2) is 6.07 Å². The Hall–Kier alpha value is -1.69. The van der Waals surface area contributed by atoms with Crippen LogP contribution in [0.5, 0.6) is 5.88 Å². The summed E-state index contributed by atoms with van der Waals surface area (Å²) in [5.41, 5.74) is 1.06. The molecule has 0 saturated carbocycles. The number of nitrogens with zero attached hydrogens (tertiary/aromatic N) is 3. The lowest BCUT2D eigenvalue weighted by atomic mass is 10.1. The second-order valence-electron chi connectivity index (χ2n) is 5.49. The predicted octanol–water partition coefficient (Wildman–Crippen LogP) is 2.25. The second kappa shape index (κ2) is 5.26. The molecule has 0 aliphatic carbocycles. The average molecular weight is 312 g/mol. The van der Waals surface area contributed by atoms with Crippen LogP contribution in [0, 0.1) is 0 Å². The van der Waals surface area contributed by atoms with Gasteiger partial charge in [0.15, 0.2) is 0 Å². The molecule has 0 aromatic carbocycles. The van der Waals surface area contributed by atoms with Crippen LogP contribution >= 0.6 is 11.6 Å². The van der Waals surface area contributed by atoms with E-state index in [0.717, 1.165) is 17.8 Å². The van der Waals surface area contributed by atoms with Crippen molar-refractivity contribution in [1.82, 2.24) is 9.88 Å². The lowest BCUT2D eigenvalue weighted by Gasteiger charge is -2.42. The third-order valence-electron chi connectivity index (χ3n) is 4.04. The minimum atomic E-state index is -0.863.